The highest BCUT2D eigenvalue weighted by Gasteiger charge is 2.35. The van der Waals surface area contributed by atoms with Gasteiger partial charge in [-0.1, -0.05) is 13.8 Å². The molecule has 0 aliphatic carbocycles. The van der Waals surface area contributed by atoms with E-state index in [1.165, 1.54) is 0 Å². The number of ketones is 1. The van der Waals surface area contributed by atoms with E-state index in [0.717, 1.165) is 10.4 Å². The van der Waals surface area contributed by atoms with Gasteiger partial charge in [0.2, 0.25) is 0 Å². The predicted octanol–water partition coefficient (Wildman–Crippen LogP) is 3.44. The van der Waals surface area contributed by atoms with Gasteiger partial charge in [0.05, 0.1) is 0 Å². The molecule has 1 heterocycles. The van der Waals surface area contributed by atoms with Crippen LogP contribution in [0.1, 0.15) is 41.9 Å². The summed E-state index contributed by atoms with van der Waals surface area (Å²) >= 11 is 1.60. The van der Waals surface area contributed by atoms with E-state index in [-0.39, 0.29) is 5.78 Å². The van der Waals surface area contributed by atoms with Crippen LogP contribution in [-0.2, 0) is 4.74 Å². The van der Waals surface area contributed by atoms with Crippen molar-refractivity contribution in [2.24, 2.45) is 0 Å². The first-order valence-corrected chi connectivity index (χ1v) is 6.12. The fourth-order valence-electron chi connectivity index (χ4n) is 1.78. The van der Waals surface area contributed by atoms with Crippen molar-refractivity contribution in [2.75, 3.05) is 7.11 Å². The molecular formula is C12H18O2S. The molecule has 1 aromatic rings. The number of hydrogen-bond donors (Lipinski definition) is 0. The molecule has 0 saturated carbocycles. The van der Waals surface area contributed by atoms with Crippen molar-refractivity contribution in [3.05, 3.63) is 21.9 Å². The van der Waals surface area contributed by atoms with E-state index in [1.807, 2.05) is 32.2 Å². The van der Waals surface area contributed by atoms with Crippen LogP contribution < -0.4 is 0 Å². The Balaban J connectivity index is 3.00. The summed E-state index contributed by atoms with van der Waals surface area (Å²) in [7, 11) is 1.62. The maximum absolute atomic E-state index is 12.3. The molecule has 1 aromatic heterocycles. The Morgan fingerprint density at radius 3 is 2.40 bits per heavy atom. The maximum atomic E-state index is 12.3. The second-order valence-corrected chi connectivity index (χ2v) is 4.80. The van der Waals surface area contributed by atoms with Crippen molar-refractivity contribution < 1.29 is 9.53 Å². The molecule has 2 nitrogen and oxygen atoms in total. The first kappa shape index (κ1) is 12.4. The number of rotatable bonds is 5. The number of aryl methyl sites for hydroxylation is 1. The summed E-state index contributed by atoms with van der Waals surface area (Å²) in [4.78, 5) is 13.4. The van der Waals surface area contributed by atoms with E-state index in [2.05, 4.69) is 0 Å². The molecule has 0 aliphatic heterocycles. The average Bonchev–Trinajstić information content (AvgIpc) is 2.68. The van der Waals surface area contributed by atoms with E-state index in [1.54, 1.807) is 18.4 Å². The third-order valence-corrected chi connectivity index (χ3v) is 3.80. The Morgan fingerprint density at radius 1 is 1.47 bits per heavy atom. The second-order valence-electron chi connectivity index (χ2n) is 3.68. The van der Waals surface area contributed by atoms with Crippen molar-refractivity contribution in [3.63, 3.8) is 0 Å². The van der Waals surface area contributed by atoms with Gasteiger partial charge < -0.3 is 4.74 Å². The van der Waals surface area contributed by atoms with Crippen molar-refractivity contribution in [1.29, 1.82) is 0 Å². The lowest BCUT2D eigenvalue weighted by Crippen LogP contribution is -2.39. The summed E-state index contributed by atoms with van der Waals surface area (Å²) in [6, 6.07) is 1.94. The monoisotopic (exact) mass is 226 g/mol. The zero-order valence-corrected chi connectivity index (χ0v) is 10.6. The summed E-state index contributed by atoms with van der Waals surface area (Å²) < 4.78 is 5.42. The Morgan fingerprint density at radius 2 is 2.07 bits per heavy atom. The third-order valence-electron chi connectivity index (χ3n) is 2.94. The molecule has 0 fully saturated rings. The summed E-state index contributed by atoms with van der Waals surface area (Å²) in [6.45, 7) is 5.99. The van der Waals surface area contributed by atoms with E-state index in [9.17, 15) is 4.79 Å². The predicted molar refractivity (Wildman–Crippen MR) is 63.7 cm³/mol. The van der Waals surface area contributed by atoms with Crippen LogP contribution in [0.2, 0.25) is 0 Å². The second kappa shape index (κ2) is 4.90. The molecule has 0 spiro atoms. The minimum absolute atomic E-state index is 0.111. The molecule has 0 radical (unpaired) electrons. The maximum Gasteiger partial charge on any atom is 0.195 e. The van der Waals surface area contributed by atoms with Gasteiger partial charge in [0.25, 0.3) is 0 Å². The SMILES string of the molecule is CCC(CC)(OC)C(=O)c1csc(C)c1. The van der Waals surface area contributed by atoms with E-state index < -0.39 is 5.60 Å². The van der Waals surface area contributed by atoms with Crippen molar-refractivity contribution >= 4 is 17.1 Å². The molecule has 0 bridgehead atoms. The molecular weight excluding hydrogens is 208 g/mol. The summed E-state index contributed by atoms with van der Waals surface area (Å²) in [5, 5.41) is 1.91. The quantitative estimate of drug-likeness (QED) is 0.719. The molecule has 15 heavy (non-hydrogen) atoms. The van der Waals surface area contributed by atoms with Gasteiger partial charge in [-0.25, -0.2) is 0 Å². The lowest BCUT2D eigenvalue weighted by atomic mass is 9.88. The highest BCUT2D eigenvalue weighted by molar-refractivity contribution is 7.10. The van der Waals surface area contributed by atoms with E-state index in [0.29, 0.717) is 12.8 Å². The minimum atomic E-state index is -0.631. The fourth-order valence-corrected chi connectivity index (χ4v) is 2.46. The molecule has 0 amide bonds. The van der Waals surface area contributed by atoms with Gasteiger partial charge in [0.1, 0.15) is 5.60 Å². The van der Waals surface area contributed by atoms with Gasteiger partial charge in [-0.05, 0) is 25.8 Å². The third kappa shape index (κ3) is 2.29. The van der Waals surface area contributed by atoms with Crippen LogP contribution in [0, 0.1) is 6.92 Å². The van der Waals surface area contributed by atoms with Crippen molar-refractivity contribution in [2.45, 2.75) is 39.2 Å². The number of methoxy groups -OCH3 is 1. The zero-order chi connectivity index (χ0) is 11.5. The Hall–Kier alpha value is -0.670. The van der Waals surface area contributed by atoms with Crippen molar-refractivity contribution in [3.8, 4) is 0 Å². The summed E-state index contributed by atoms with van der Waals surface area (Å²) in [6.07, 6.45) is 1.43. The smallest absolute Gasteiger partial charge is 0.195 e. The highest BCUT2D eigenvalue weighted by atomic mass is 32.1. The Bertz CT molecular complexity index is 329. The van der Waals surface area contributed by atoms with E-state index >= 15 is 0 Å². The number of carbonyl (C=O) groups is 1. The van der Waals surface area contributed by atoms with Gasteiger partial charge in [0.15, 0.2) is 5.78 Å². The number of carbonyl (C=O) groups excluding carboxylic acids is 1. The molecule has 0 aliphatic rings. The molecule has 1 rings (SSSR count). The zero-order valence-electron chi connectivity index (χ0n) is 9.79. The van der Waals surface area contributed by atoms with Gasteiger partial charge in [0, 0.05) is 22.9 Å². The summed E-state index contributed by atoms with van der Waals surface area (Å²) in [5.74, 6) is 0.111. The number of hydrogen-bond acceptors (Lipinski definition) is 3. The first-order chi connectivity index (χ1) is 7.09. The van der Waals surface area contributed by atoms with Gasteiger partial charge in [-0.3, -0.25) is 4.79 Å². The van der Waals surface area contributed by atoms with Gasteiger partial charge in [-0.2, -0.15) is 0 Å². The number of Topliss-reactive ketones (excluding diaryl/α,β-unsaturated/α-hetero) is 1. The lowest BCUT2D eigenvalue weighted by Gasteiger charge is -2.28. The normalized spacial score (nSPS) is 11.7. The molecule has 84 valence electrons. The Labute approximate surface area is 95.3 Å². The van der Waals surface area contributed by atoms with Crippen LogP contribution in [0.25, 0.3) is 0 Å². The number of ether oxygens (including phenoxy) is 1. The topological polar surface area (TPSA) is 26.3 Å². The van der Waals surface area contributed by atoms with Crippen LogP contribution in [-0.4, -0.2) is 18.5 Å². The molecule has 3 heteroatoms. The van der Waals surface area contributed by atoms with Crippen LogP contribution in [0.3, 0.4) is 0 Å². The fraction of sp³-hybridized carbons (Fsp3) is 0.583. The molecule has 0 saturated heterocycles. The minimum Gasteiger partial charge on any atom is -0.370 e. The van der Waals surface area contributed by atoms with E-state index in [4.69, 9.17) is 4.74 Å². The largest absolute Gasteiger partial charge is 0.370 e. The highest BCUT2D eigenvalue weighted by Crippen LogP contribution is 2.27. The van der Waals surface area contributed by atoms with Gasteiger partial charge in [-0.15, -0.1) is 11.3 Å². The van der Waals surface area contributed by atoms with Crippen molar-refractivity contribution in [1.82, 2.24) is 0 Å². The Kier molecular flexibility index (Phi) is 4.05. The lowest BCUT2D eigenvalue weighted by molar-refractivity contribution is -0.00257. The molecule has 0 aromatic carbocycles. The molecule has 0 atom stereocenters. The average molecular weight is 226 g/mol. The molecule has 0 unspecified atom stereocenters. The number of thiophene rings is 1. The van der Waals surface area contributed by atoms with Gasteiger partial charge >= 0.3 is 0 Å². The van der Waals surface area contributed by atoms with Crippen LogP contribution in [0.5, 0.6) is 0 Å². The summed E-state index contributed by atoms with van der Waals surface area (Å²) in [5.41, 5.74) is 0.149. The first-order valence-electron chi connectivity index (χ1n) is 5.24. The van der Waals surface area contributed by atoms with Crippen LogP contribution in [0.4, 0.5) is 0 Å². The van der Waals surface area contributed by atoms with Crippen LogP contribution >= 0.6 is 11.3 Å². The van der Waals surface area contributed by atoms with Crippen LogP contribution in [0.15, 0.2) is 11.4 Å². The molecule has 0 N–H and O–H groups in total. The standard InChI is InChI=1S/C12H18O2S/c1-5-12(6-2,14-4)11(13)10-7-9(3)15-8-10/h7-8H,5-6H2,1-4H3.